The van der Waals surface area contributed by atoms with Crippen LogP contribution in [0.2, 0.25) is 0 Å². The van der Waals surface area contributed by atoms with Crippen LogP contribution in [0.15, 0.2) is 24.3 Å². The summed E-state index contributed by atoms with van der Waals surface area (Å²) in [6.45, 7) is 11.7. The standard InChI is InChI=1S/C20H33NO3/c1-16-7-5-8-17(11-16)12-21(14-19-9-6-10-23-19)13-18(22)15-24-20(2,3)4/h5,7-8,11,18-19,22H,6,9-10,12-15H2,1-4H3. The maximum Gasteiger partial charge on any atom is 0.0900 e. The first-order valence-electron chi connectivity index (χ1n) is 9.03. The lowest BCUT2D eigenvalue weighted by atomic mass is 10.1. The zero-order valence-electron chi connectivity index (χ0n) is 15.6. The lowest BCUT2D eigenvalue weighted by Crippen LogP contribution is -2.40. The second-order valence-corrected chi connectivity index (χ2v) is 7.90. The van der Waals surface area contributed by atoms with E-state index in [0.717, 1.165) is 32.5 Å². The van der Waals surface area contributed by atoms with Gasteiger partial charge in [-0.2, -0.15) is 0 Å². The molecule has 1 aliphatic rings. The normalized spacial score (nSPS) is 19.8. The maximum absolute atomic E-state index is 10.4. The molecule has 1 aromatic rings. The minimum atomic E-state index is -0.490. The van der Waals surface area contributed by atoms with Crippen LogP contribution in [0, 0.1) is 6.92 Å². The average molecular weight is 335 g/mol. The SMILES string of the molecule is Cc1cccc(CN(CC(O)COC(C)(C)C)CC2CCCO2)c1. The summed E-state index contributed by atoms with van der Waals surface area (Å²) in [5.41, 5.74) is 2.31. The van der Waals surface area contributed by atoms with Crippen LogP contribution in [-0.4, -0.2) is 54.1 Å². The van der Waals surface area contributed by atoms with Crippen molar-refractivity contribution < 1.29 is 14.6 Å². The molecule has 1 N–H and O–H groups in total. The third-order valence-electron chi connectivity index (χ3n) is 4.15. The third-order valence-corrected chi connectivity index (χ3v) is 4.15. The number of aryl methyl sites for hydroxylation is 1. The van der Waals surface area contributed by atoms with Crippen molar-refractivity contribution in [1.29, 1.82) is 0 Å². The van der Waals surface area contributed by atoms with E-state index in [1.54, 1.807) is 0 Å². The lowest BCUT2D eigenvalue weighted by molar-refractivity contribution is -0.0594. The largest absolute Gasteiger partial charge is 0.389 e. The topological polar surface area (TPSA) is 41.9 Å². The fourth-order valence-corrected chi connectivity index (χ4v) is 3.05. The Balaban J connectivity index is 1.93. The molecule has 1 fully saturated rings. The summed E-state index contributed by atoms with van der Waals surface area (Å²) in [6, 6.07) is 8.56. The van der Waals surface area contributed by atoms with Crippen molar-refractivity contribution in [2.24, 2.45) is 0 Å². The van der Waals surface area contributed by atoms with E-state index in [4.69, 9.17) is 9.47 Å². The van der Waals surface area contributed by atoms with Gasteiger partial charge in [-0.15, -0.1) is 0 Å². The van der Waals surface area contributed by atoms with Crippen molar-refractivity contribution in [3.8, 4) is 0 Å². The minimum Gasteiger partial charge on any atom is -0.389 e. The van der Waals surface area contributed by atoms with Crippen molar-refractivity contribution in [3.05, 3.63) is 35.4 Å². The Morgan fingerprint density at radius 3 is 2.79 bits per heavy atom. The molecule has 1 saturated heterocycles. The highest BCUT2D eigenvalue weighted by molar-refractivity contribution is 5.22. The Bertz CT molecular complexity index is 492. The fourth-order valence-electron chi connectivity index (χ4n) is 3.05. The van der Waals surface area contributed by atoms with Gasteiger partial charge in [0.15, 0.2) is 0 Å². The molecule has 4 nitrogen and oxygen atoms in total. The Labute approximate surface area is 146 Å². The number of rotatable bonds is 8. The molecular weight excluding hydrogens is 302 g/mol. The van der Waals surface area contributed by atoms with Crippen LogP contribution >= 0.6 is 0 Å². The van der Waals surface area contributed by atoms with Gasteiger partial charge in [0.25, 0.3) is 0 Å². The summed E-state index contributed by atoms with van der Waals surface area (Å²) in [7, 11) is 0. The van der Waals surface area contributed by atoms with Gasteiger partial charge in [-0.25, -0.2) is 0 Å². The molecule has 24 heavy (non-hydrogen) atoms. The molecule has 4 heteroatoms. The van der Waals surface area contributed by atoms with E-state index in [1.807, 2.05) is 20.8 Å². The van der Waals surface area contributed by atoms with Crippen molar-refractivity contribution in [2.45, 2.75) is 64.9 Å². The molecule has 0 amide bonds. The van der Waals surface area contributed by atoms with E-state index >= 15 is 0 Å². The second-order valence-electron chi connectivity index (χ2n) is 7.90. The molecule has 0 bridgehead atoms. The van der Waals surface area contributed by atoms with E-state index in [-0.39, 0.29) is 11.7 Å². The predicted octanol–water partition coefficient (Wildman–Crippen LogP) is 3.15. The Morgan fingerprint density at radius 1 is 1.38 bits per heavy atom. The zero-order chi connectivity index (χ0) is 17.6. The molecule has 136 valence electrons. The van der Waals surface area contributed by atoms with Gasteiger partial charge in [-0.05, 0) is 46.1 Å². The summed E-state index contributed by atoms with van der Waals surface area (Å²) in [6.07, 6.45) is 2.04. The minimum absolute atomic E-state index is 0.225. The highest BCUT2D eigenvalue weighted by atomic mass is 16.5. The van der Waals surface area contributed by atoms with Gasteiger partial charge in [0.1, 0.15) is 0 Å². The summed E-state index contributed by atoms with van der Waals surface area (Å²) in [4.78, 5) is 2.29. The van der Waals surface area contributed by atoms with E-state index in [0.29, 0.717) is 13.2 Å². The first-order chi connectivity index (χ1) is 11.3. The lowest BCUT2D eigenvalue weighted by Gasteiger charge is -2.29. The van der Waals surface area contributed by atoms with Crippen LogP contribution in [0.25, 0.3) is 0 Å². The monoisotopic (exact) mass is 335 g/mol. The number of aliphatic hydroxyl groups excluding tert-OH is 1. The van der Waals surface area contributed by atoms with Gasteiger partial charge in [0.05, 0.1) is 24.4 Å². The van der Waals surface area contributed by atoms with Crippen LogP contribution < -0.4 is 0 Å². The van der Waals surface area contributed by atoms with E-state index in [9.17, 15) is 5.11 Å². The van der Waals surface area contributed by atoms with Gasteiger partial charge >= 0.3 is 0 Å². The summed E-state index contributed by atoms with van der Waals surface area (Å²) in [5.74, 6) is 0. The first-order valence-corrected chi connectivity index (χ1v) is 9.03. The third kappa shape index (κ3) is 7.31. The van der Waals surface area contributed by atoms with Crippen molar-refractivity contribution in [2.75, 3.05) is 26.3 Å². The number of hydrogen-bond donors (Lipinski definition) is 1. The van der Waals surface area contributed by atoms with Gasteiger partial charge < -0.3 is 14.6 Å². The molecular formula is C20H33NO3. The molecule has 2 atom stereocenters. The zero-order valence-corrected chi connectivity index (χ0v) is 15.6. The summed E-state index contributed by atoms with van der Waals surface area (Å²) < 4.78 is 11.5. The predicted molar refractivity (Wildman–Crippen MR) is 97.1 cm³/mol. The van der Waals surface area contributed by atoms with E-state index in [1.165, 1.54) is 11.1 Å². The van der Waals surface area contributed by atoms with Crippen LogP contribution in [0.5, 0.6) is 0 Å². The molecule has 0 radical (unpaired) electrons. The van der Waals surface area contributed by atoms with Crippen molar-refractivity contribution >= 4 is 0 Å². The number of aliphatic hydroxyl groups is 1. The maximum atomic E-state index is 10.4. The van der Waals surface area contributed by atoms with Crippen LogP contribution in [0.1, 0.15) is 44.7 Å². The van der Waals surface area contributed by atoms with Gasteiger partial charge in [-0.1, -0.05) is 29.8 Å². The number of nitrogens with zero attached hydrogens (tertiary/aromatic N) is 1. The van der Waals surface area contributed by atoms with Crippen LogP contribution in [0.3, 0.4) is 0 Å². The molecule has 2 rings (SSSR count). The van der Waals surface area contributed by atoms with Crippen LogP contribution in [0.4, 0.5) is 0 Å². The summed E-state index contributed by atoms with van der Waals surface area (Å²) in [5, 5.41) is 10.4. The number of ether oxygens (including phenoxy) is 2. The second kappa shape index (κ2) is 8.95. The molecule has 2 unspecified atom stereocenters. The molecule has 0 saturated carbocycles. The van der Waals surface area contributed by atoms with E-state index < -0.39 is 6.10 Å². The molecule has 0 spiro atoms. The van der Waals surface area contributed by atoms with Crippen molar-refractivity contribution in [1.82, 2.24) is 4.90 Å². The first kappa shape index (κ1) is 19.4. The Morgan fingerprint density at radius 2 is 2.17 bits per heavy atom. The Hall–Kier alpha value is -0.940. The molecule has 0 aliphatic carbocycles. The summed E-state index contributed by atoms with van der Waals surface area (Å²) >= 11 is 0. The molecule has 1 aliphatic heterocycles. The Kier molecular flexibility index (Phi) is 7.23. The quantitative estimate of drug-likeness (QED) is 0.792. The molecule has 1 heterocycles. The molecule has 1 aromatic carbocycles. The number of benzene rings is 1. The smallest absolute Gasteiger partial charge is 0.0900 e. The fraction of sp³-hybridized carbons (Fsp3) is 0.700. The van der Waals surface area contributed by atoms with Crippen LogP contribution in [-0.2, 0) is 16.0 Å². The van der Waals surface area contributed by atoms with Gasteiger partial charge in [-0.3, -0.25) is 4.90 Å². The number of hydrogen-bond acceptors (Lipinski definition) is 4. The van der Waals surface area contributed by atoms with Gasteiger partial charge in [0, 0.05) is 26.2 Å². The highest BCUT2D eigenvalue weighted by Gasteiger charge is 2.22. The molecule has 0 aromatic heterocycles. The van der Waals surface area contributed by atoms with Crippen molar-refractivity contribution in [3.63, 3.8) is 0 Å². The van der Waals surface area contributed by atoms with Gasteiger partial charge in [0.2, 0.25) is 0 Å². The van der Waals surface area contributed by atoms with E-state index in [2.05, 4.69) is 36.1 Å². The average Bonchev–Trinajstić information content (AvgIpc) is 2.97. The highest BCUT2D eigenvalue weighted by Crippen LogP contribution is 2.16.